The van der Waals surface area contributed by atoms with Crippen LogP contribution in [0.3, 0.4) is 0 Å². The van der Waals surface area contributed by atoms with Gasteiger partial charge in [-0.15, -0.1) is 11.6 Å². The van der Waals surface area contributed by atoms with E-state index in [1.807, 2.05) is 13.8 Å². The molecule has 0 atom stereocenters. The van der Waals surface area contributed by atoms with E-state index in [1.54, 1.807) is 0 Å². The topological polar surface area (TPSA) is 46.2 Å². The molecule has 0 aliphatic heterocycles. The predicted molar refractivity (Wildman–Crippen MR) is 52.9 cm³/mol. The lowest BCUT2D eigenvalue weighted by atomic mass is 9.88. The summed E-state index contributed by atoms with van der Waals surface area (Å²) in [6.07, 6.45) is 1.16. The molecule has 0 aliphatic rings. The Morgan fingerprint density at radius 1 is 1.31 bits per heavy atom. The molecule has 3 nitrogen and oxygen atoms in total. The maximum atomic E-state index is 11.5. The molecule has 76 valence electrons. The van der Waals surface area contributed by atoms with Crippen molar-refractivity contribution >= 4 is 23.3 Å². The zero-order valence-corrected chi connectivity index (χ0v) is 9.07. The molecule has 0 unspecified atom stereocenters. The highest BCUT2D eigenvalue weighted by Gasteiger charge is 2.34. The van der Waals surface area contributed by atoms with Crippen molar-refractivity contribution in [1.82, 2.24) is 5.32 Å². The summed E-state index contributed by atoms with van der Waals surface area (Å²) in [6.45, 7) is 5.13. The number of halogens is 1. The van der Waals surface area contributed by atoms with E-state index in [4.69, 9.17) is 11.6 Å². The molecule has 4 heteroatoms. The first-order valence-corrected chi connectivity index (χ1v) is 4.93. The molecular formula is C9H16ClNO2. The number of Topliss-reactive ketones (excluding diaryl/α,β-unsaturated/α-hetero) is 1. The first-order chi connectivity index (χ1) is 6.02. The van der Waals surface area contributed by atoms with Gasteiger partial charge in [-0.3, -0.25) is 9.59 Å². The Morgan fingerprint density at radius 3 is 2.00 bits per heavy atom. The van der Waals surface area contributed by atoms with Crippen molar-refractivity contribution < 1.29 is 9.59 Å². The van der Waals surface area contributed by atoms with Crippen molar-refractivity contribution in [3.63, 3.8) is 0 Å². The summed E-state index contributed by atoms with van der Waals surface area (Å²) in [5.41, 5.74) is -0.756. The quantitative estimate of drug-likeness (QED) is 0.692. The molecule has 0 saturated carbocycles. The van der Waals surface area contributed by atoms with Crippen molar-refractivity contribution in [2.45, 2.75) is 39.2 Å². The van der Waals surface area contributed by atoms with Crippen molar-refractivity contribution in [2.75, 3.05) is 5.88 Å². The van der Waals surface area contributed by atoms with Gasteiger partial charge in [0.25, 0.3) is 0 Å². The molecule has 0 radical (unpaired) electrons. The van der Waals surface area contributed by atoms with Crippen LogP contribution in [0.4, 0.5) is 0 Å². The summed E-state index contributed by atoms with van der Waals surface area (Å²) in [5, 5.41) is 2.67. The number of amides is 1. The normalized spacial score (nSPS) is 11.1. The molecule has 0 saturated heterocycles. The third-order valence-corrected chi connectivity index (χ3v) is 2.52. The van der Waals surface area contributed by atoms with E-state index in [0.29, 0.717) is 12.8 Å². The smallest absolute Gasteiger partial charge is 0.217 e. The highest BCUT2D eigenvalue weighted by molar-refractivity contribution is 6.29. The first-order valence-electron chi connectivity index (χ1n) is 4.40. The number of alkyl halides is 1. The van der Waals surface area contributed by atoms with Gasteiger partial charge in [-0.25, -0.2) is 0 Å². The van der Waals surface area contributed by atoms with Crippen LogP contribution >= 0.6 is 11.6 Å². The zero-order valence-electron chi connectivity index (χ0n) is 8.32. The fraction of sp³-hybridized carbons (Fsp3) is 0.778. The summed E-state index contributed by atoms with van der Waals surface area (Å²) >= 11 is 5.48. The number of hydrogen-bond acceptors (Lipinski definition) is 2. The standard InChI is InChI=1S/C9H16ClNO2/c1-4-9(5-2,8(13)6-10)11-7(3)12/h4-6H2,1-3H3,(H,11,12). The molecule has 0 aliphatic carbocycles. The predicted octanol–water partition coefficient (Wildman–Crippen LogP) is 1.49. The molecule has 0 aromatic carbocycles. The van der Waals surface area contributed by atoms with E-state index in [1.165, 1.54) is 6.92 Å². The largest absolute Gasteiger partial charge is 0.344 e. The molecule has 0 rings (SSSR count). The molecule has 0 aromatic heterocycles. The van der Waals surface area contributed by atoms with Crippen LogP contribution in [-0.2, 0) is 9.59 Å². The second kappa shape index (κ2) is 5.22. The number of carbonyl (C=O) groups is 2. The monoisotopic (exact) mass is 205 g/mol. The van der Waals surface area contributed by atoms with Crippen LogP contribution in [0.25, 0.3) is 0 Å². The van der Waals surface area contributed by atoms with Crippen LogP contribution in [0, 0.1) is 0 Å². The van der Waals surface area contributed by atoms with E-state index in [2.05, 4.69) is 5.32 Å². The van der Waals surface area contributed by atoms with E-state index in [0.717, 1.165) is 0 Å². The second-order valence-electron chi connectivity index (χ2n) is 3.03. The fourth-order valence-corrected chi connectivity index (χ4v) is 1.61. The van der Waals surface area contributed by atoms with Crippen molar-refractivity contribution in [1.29, 1.82) is 0 Å². The minimum atomic E-state index is -0.756. The van der Waals surface area contributed by atoms with Gasteiger partial charge in [-0.05, 0) is 12.8 Å². The fourth-order valence-electron chi connectivity index (χ4n) is 1.36. The highest BCUT2D eigenvalue weighted by Crippen LogP contribution is 2.17. The SMILES string of the molecule is CCC(CC)(NC(C)=O)C(=O)CCl. The van der Waals surface area contributed by atoms with Gasteiger partial charge in [0.1, 0.15) is 0 Å². The second-order valence-corrected chi connectivity index (χ2v) is 3.29. The average molecular weight is 206 g/mol. The Hall–Kier alpha value is -0.570. The number of carbonyl (C=O) groups excluding carboxylic acids is 2. The van der Waals surface area contributed by atoms with Gasteiger partial charge in [-0.1, -0.05) is 13.8 Å². The third kappa shape index (κ3) is 2.99. The summed E-state index contributed by atoms with van der Waals surface area (Å²) < 4.78 is 0. The Labute approximate surface area is 83.8 Å². The van der Waals surface area contributed by atoms with E-state index in [9.17, 15) is 9.59 Å². The average Bonchev–Trinajstić information content (AvgIpc) is 2.12. The summed E-state index contributed by atoms with van der Waals surface area (Å²) in [6, 6.07) is 0. The van der Waals surface area contributed by atoms with Crippen molar-refractivity contribution in [3.05, 3.63) is 0 Å². The van der Waals surface area contributed by atoms with Crippen LogP contribution in [-0.4, -0.2) is 23.1 Å². The van der Waals surface area contributed by atoms with Gasteiger partial charge in [-0.2, -0.15) is 0 Å². The van der Waals surface area contributed by atoms with Gasteiger partial charge in [0.05, 0.1) is 11.4 Å². The molecular weight excluding hydrogens is 190 g/mol. The van der Waals surface area contributed by atoms with E-state index >= 15 is 0 Å². The minimum absolute atomic E-state index is 0.0536. The first kappa shape index (κ1) is 12.4. The maximum absolute atomic E-state index is 11.5. The maximum Gasteiger partial charge on any atom is 0.217 e. The number of nitrogens with one attached hydrogen (secondary N) is 1. The lowest BCUT2D eigenvalue weighted by molar-refractivity contribution is -0.130. The Bertz CT molecular complexity index is 200. The van der Waals surface area contributed by atoms with Gasteiger partial charge in [0.2, 0.25) is 5.91 Å². The minimum Gasteiger partial charge on any atom is -0.344 e. The molecule has 1 N–H and O–H groups in total. The van der Waals surface area contributed by atoms with E-state index in [-0.39, 0.29) is 17.6 Å². The number of hydrogen-bond donors (Lipinski definition) is 1. The van der Waals surface area contributed by atoms with Crippen LogP contribution < -0.4 is 5.32 Å². The number of ketones is 1. The highest BCUT2D eigenvalue weighted by atomic mass is 35.5. The summed E-state index contributed by atoms with van der Waals surface area (Å²) in [4.78, 5) is 22.4. The van der Waals surface area contributed by atoms with Crippen molar-refractivity contribution in [3.8, 4) is 0 Å². The Kier molecular flexibility index (Phi) is 4.99. The van der Waals surface area contributed by atoms with Crippen LogP contribution in [0.2, 0.25) is 0 Å². The lowest BCUT2D eigenvalue weighted by Gasteiger charge is -2.30. The Balaban J connectivity index is 4.68. The molecule has 0 heterocycles. The molecule has 0 spiro atoms. The van der Waals surface area contributed by atoms with Gasteiger partial charge >= 0.3 is 0 Å². The molecule has 13 heavy (non-hydrogen) atoms. The van der Waals surface area contributed by atoms with Gasteiger partial charge in [0, 0.05) is 6.92 Å². The molecule has 1 amide bonds. The molecule has 0 bridgehead atoms. The zero-order chi connectivity index (χ0) is 10.5. The lowest BCUT2D eigenvalue weighted by Crippen LogP contribution is -2.53. The molecule has 0 aromatic rings. The van der Waals surface area contributed by atoms with Crippen LogP contribution in [0.5, 0.6) is 0 Å². The molecule has 0 fully saturated rings. The van der Waals surface area contributed by atoms with Crippen LogP contribution in [0.1, 0.15) is 33.6 Å². The van der Waals surface area contributed by atoms with Gasteiger partial charge < -0.3 is 5.32 Å². The van der Waals surface area contributed by atoms with Crippen LogP contribution in [0.15, 0.2) is 0 Å². The van der Waals surface area contributed by atoms with E-state index < -0.39 is 5.54 Å². The van der Waals surface area contributed by atoms with Gasteiger partial charge in [0.15, 0.2) is 5.78 Å². The third-order valence-electron chi connectivity index (χ3n) is 2.28. The Morgan fingerprint density at radius 2 is 1.77 bits per heavy atom. The summed E-state index contributed by atoms with van der Waals surface area (Å²) in [7, 11) is 0. The number of rotatable bonds is 5. The van der Waals surface area contributed by atoms with Crippen molar-refractivity contribution in [2.24, 2.45) is 0 Å². The summed E-state index contributed by atoms with van der Waals surface area (Å²) in [5.74, 6) is -0.362.